The summed E-state index contributed by atoms with van der Waals surface area (Å²) in [4.78, 5) is 22.5. The summed E-state index contributed by atoms with van der Waals surface area (Å²) in [5.74, 6) is -0.861. The van der Waals surface area contributed by atoms with Gasteiger partial charge in [0.05, 0.1) is 0 Å². The first kappa shape index (κ1) is 12.9. The molecule has 0 radical (unpaired) electrons. The summed E-state index contributed by atoms with van der Waals surface area (Å²) in [5.41, 5.74) is 1.02. The van der Waals surface area contributed by atoms with E-state index in [-0.39, 0.29) is 12.2 Å². The largest absolute Gasteiger partial charge is 0.454 e. The lowest BCUT2D eigenvalue weighted by molar-refractivity contribution is -0.163. The van der Waals surface area contributed by atoms with Crippen molar-refractivity contribution in [3.05, 3.63) is 48.0 Å². The number of benzene rings is 1. The molecule has 5 nitrogen and oxygen atoms in total. The Morgan fingerprint density at radius 1 is 1.20 bits per heavy atom. The highest BCUT2D eigenvalue weighted by atomic mass is 16.6. The second kappa shape index (κ2) is 5.09. The quantitative estimate of drug-likeness (QED) is 0.618. The van der Waals surface area contributed by atoms with Crippen molar-refractivity contribution < 1.29 is 23.8 Å². The third-order valence-corrected chi connectivity index (χ3v) is 3.28. The van der Waals surface area contributed by atoms with E-state index in [9.17, 15) is 9.59 Å². The molecule has 2 aliphatic rings. The number of rotatable bonds is 3. The number of esters is 2. The predicted molar refractivity (Wildman–Crippen MR) is 68.6 cm³/mol. The summed E-state index contributed by atoms with van der Waals surface area (Å²) in [6.07, 6.45) is 1.21. The molecular weight excluding hydrogens is 260 g/mol. The first-order valence-electron chi connectivity index (χ1n) is 6.41. The van der Waals surface area contributed by atoms with Crippen molar-refractivity contribution in [1.82, 2.24) is 0 Å². The third-order valence-electron chi connectivity index (χ3n) is 3.28. The molecule has 1 saturated heterocycles. The summed E-state index contributed by atoms with van der Waals surface area (Å²) in [6.45, 7) is 1.32. The second-order valence-electron chi connectivity index (χ2n) is 4.77. The predicted octanol–water partition coefficient (Wildman–Crippen LogP) is 1.54. The number of hydrogen-bond donors (Lipinski definition) is 0. The fourth-order valence-electron chi connectivity index (χ4n) is 2.36. The van der Waals surface area contributed by atoms with Crippen molar-refractivity contribution in [3.63, 3.8) is 0 Å². The molecule has 20 heavy (non-hydrogen) atoms. The van der Waals surface area contributed by atoms with Gasteiger partial charge in [-0.1, -0.05) is 30.3 Å². The zero-order chi connectivity index (χ0) is 14.1. The second-order valence-corrected chi connectivity index (χ2v) is 4.77. The van der Waals surface area contributed by atoms with Crippen LogP contribution >= 0.6 is 0 Å². The van der Waals surface area contributed by atoms with Crippen molar-refractivity contribution in [1.29, 1.82) is 0 Å². The zero-order valence-corrected chi connectivity index (χ0v) is 10.9. The van der Waals surface area contributed by atoms with Crippen LogP contribution in [0.25, 0.3) is 0 Å². The van der Waals surface area contributed by atoms with Gasteiger partial charge in [-0.15, -0.1) is 0 Å². The van der Waals surface area contributed by atoms with Gasteiger partial charge in [0.15, 0.2) is 12.2 Å². The molecule has 1 aromatic carbocycles. The van der Waals surface area contributed by atoms with Gasteiger partial charge in [0.2, 0.25) is 0 Å². The maximum Gasteiger partial charge on any atom is 0.331 e. The van der Waals surface area contributed by atoms with E-state index in [1.54, 1.807) is 6.08 Å². The first-order chi connectivity index (χ1) is 9.65. The van der Waals surface area contributed by atoms with Gasteiger partial charge in [0.25, 0.3) is 0 Å². The average Bonchev–Trinajstić information content (AvgIpc) is 3.21. The Balaban J connectivity index is 1.74. The molecule has 1 aromatic rings. The van der Waals surface area contributed by atoms with Crippen molar-refractivity contribution in [2.45, 2.75) is 31.3 Å². The fourth-order valence-corrected chi connectivity index (χ4v) is 2.36. The number of hydrogen-bond acceptors (Lipinski definition) is 5. The molecule has 2 heterocycles. The van der Waals surface area contributed by atoms with E-state index in [1.807, 2.05) is 30.3 Å². The molecule has 0 spiro atoms. The van der Waals surface area contributed by atoms with Gasteiger partial charge in [-0.25, -0.2) is 4.79 Å². The lowest BCUT2D eigenvalue weighted by atomic mass is 10.0. The summed E-state index contributed by atoms with van der Waals surface area (Å²) >= 11 is 0. The first-order valence-corrected chi connectivity index (χ1v) is 6.41. The standard InChI is InChI=1S/C15H14O5/c1-9(16)18-11-7-8-12(17)19-14(11)15-13(20-15)10-5-3-2-4-6-10/h2-8,11,13-15H,1H3/t11-,13?,14+,15?/m0/s1. The van der Waals surface area contributed by atoms with Crippen LogP contribution < -0.4 is 0 Å². The molecule has 2 unspecified atom stereocenters. The van der Waals surface area contributed by atoms with Gasteiger partial charge in [0, 0.05) is 13.0 Å². The smallest absolute Gasteiger partial charge is 0.331 e. The number of carbonyl (C=O) groups excluding carboxylic acids is 2. The lowest BCUT2D eigenvalue weighted by Gasteiger charge is -2.25. The molecule has 0 saturated carbocycles. The van der Waals surface area contributed by atoms with Crippen LogP contribution in [0.2, 0.25) is 0 Å². The minimum Gasteiger partial charge on any atom is -0.454 e. The summed E-state index contributed by atoms with van der Waals surface area (Å²) in [6, 6.07) is 9.67. The highest BCUT2D eigenvalue weighted by molar-refractivity contribution is 5.83. The minimum absolute atomic E-state index is 0.126. The SMILES string of the molecule is CC(=O)O[C@H]1C=CC(=O)O[C@H]1C1OC1c1ccccc1. The Labute approximate surface area is 116 Å². The van der Waals surface area contributed by atoms with Gasteiger partial charge in [-0.3, -0.25) is 4.79 Å². The Hall–Kier alpha value is -2.14. The van der Waals surface area contributed by atoms with Gasteiger partial charge in [-0.2, -0.15) is 0 Å². The van der Waals surface area contributed by atoms with Crippen LogP contribution in [0.3, 0.4) is 0 Å². The van der Waals surface area contributed by atoms with Gasteiger partial charge in [0.1, 0.15) is 12.2 Å². The number of ether oxygens (including phenoxy) is 3. The molecular formula is C15H14O5. The maximum absolute atomic E-state index is 11.4. The molecule has 0 bridgehead atoms. The van der Waals surface area contributed by atoms with Crippen molar-refractivity contribution >= 4 is 11.9 Å². The van der Waals surface area contributed by atoms with E-state index < -0.39 is 24.1 Å². The average molecular weight is 274 g/mol. The minimum atomic E-state index is -0.596. The lowest BCUT2D eigenvalue weighted by Crippen LogP contribution is -2.40. The summed E-state index contributed by atoms with van der Waals surface area (Å²) < 4.78 is 16.0. The van der Waals surface area contributed by atoms with E-state index in [1.165, 1.54) is 13.0 Å². The highest BCUT2D eigenvalue weighted by Gasteiger charge is 2.52. The Morgan fingerprint density at radius 2 is 1.95 bits per heavy atom. The van der Waals surface area contributed by atoms with Gasteiger partial charge in [-0.05, 0) is 11.6 Å². The number of epoxide rings is 1. The van der Waals surface area contributed by atoms with Crippen molar-refractivity contribution in [2.24, 2.45) is 0 Å². The zero-order valence-electron chi connectivity index (χ0n) is 10.9. The van der Waals surface area contributed by atoms with Crippen molar-refractivity contribution in [3.8, 4) is 0 Å². The van der Waals surface area contributed by atoms with E-state index in [2.05, 4.69) is 0 Å². The van der Waals surface area contributed by atoms with Crippen LogP contribution in [0.15, 0.2) is 42.5 Å². The Kier molecular flexibility index (Phi) is 3.28. The molecule has 4 atom stereocenters. The number of carbonyl (C=O) groups is 2. The molecule has 5 heteroatoms. The van der Waals surface area contributed by atoms with Crippen LogP contribution in [0, 0.1) is 0 Å². The summed E-state index contributed by atoms with van der Waals surface area (Å²) in [7, 11) is 0. The third kappa shape index (κ3) is 2.58. The normalized spacial score (nSPS) is 31.6. The fraction of sp³-hybridized carbons (Fsp3) is 0.333. The molecule has 0 amide bonds. The molecule has 0 aliphatic carbocycles. The van der Waals surface area contributed by atoms with E-state index in [4.69, 9.17) is 14.2 Å². The van der Waals surface area contributed by atoms with E-state index in [0.717, 1.165) is 5.56 Å². The van der Waals surface area contributed by atoms with Crippen LogP contribution in [0.4, 0.5) is 0 Å². The molecule has 104 valence electrons. The van der Waals surface area contributed by atoms with Gasteiger partial charge >= 0.3 is 11.9 Å². The van der Waals surface area contributed by atoms with Crippen molar-refractivity contribution in [2.75, 3.05) is 0 Å². The van der Waals surface area contributed by atoms with Gasteiger partial charge < -0.3 is 14.2 Å². The van der Waals surface area contributed by atoms with Crippen LogP contribution in [-0.4, -0.2) is 30.3 Å². The Morgan fingerprint density at radius 3 is 2.65 bits per heavy atom. The molecule has 0 N–H and O–H groups in total. The monoisotopic (exact) mass is 274 g/mol. The maximum atomic E-state index is 11.4. The van der Waals surface area contributed by atoms with E-state index in [0.29, 0.717) is 0 Å². The number of cyclic esters (lactones) is 1. The van der Waals surface area contributed by atoms with Crippen LogP contribution in [0.1, 0.15) is 18.6 Å². The topological polar surface area (TPSA) is 65.1 Å². The highest BCUT2D eigenvalue weighted by Crippen LogP contribution is 2.43. The van der Waals surface area contributed by atoms with Crippen LogP contribution in [-0.2, 0) is 23.8 Å². The van der Waals surface area contributed by atoms with Crippen LogP contribution in [0.5, 0.6) is 0 Å². The Bertz CT molecular complexity index is 551. The molecule has 2 aliphatic heterocycles. The molecule has 1 fully saturated rings. The molecule has 0 aromatic heterocycles. The summed E-state index contributed by atoms with van der Waals surface area (Å²) in [5, 5.41) is 0. The molecule has 3 rings (SSSR count). The van der Waals surface area contributed by atoms with E-state index >= 15 is 0 Å².